The van der Waals surface area contributed by atoms with Gasteiger partial charge in [-0.3, -0.25) is 4.79 Å². The van der Waals surface area contributed by atoms with Crippen LogP contribution in [0.4, 0.5) is 8.78 Å². The van der Waals surface area contributed by atoms with Crippen LogP contribution in [0, 0.1) is 11.6 Å². The van der Waals surface area contributed by atoms with Gasteiger partial charge in [-0.15, -0.1) is 11.8 Å². The second-order valence-corrected chi connectivity index (χ2v) is 8.73. The molecule has 0 unspecified atom stereocenters. The lowest BCUT2D eigenvalue weighted by atomic mass is 10.0. The summed E-state index contributed by atoms with van der Waals surface area (Å²) in [6.07, 6.45) is 3.23. The van der Waals surface area contributed by atoms with Gasteiger partial charge in [-0.1, -0.05) is 31.2 Å². The van der Waals surface area contributed by atoms with Gasteiger partial charge in [-0.25, -0.2) is 8.78 Å². The number of carbonyl (C=O) groups excluding carboxylic acids is 1. The monoisotopic (exact) mass is 419 g/mol. The summed E-state index contributed by atoms with van der Waals surface area (Å²) in [6.45, 7) is 5.63. The van der Waals surface area contributed by atoms with Crippen LogP contribution in [0.1, 0.15) is 42.6 Å². The van der Waals surface area contributed by atoms with Crippen molar-refractivity contribution in [2.45, 2.75) is 37.5 Å². The van der Waals surface area contributed by atoms with Crippen molar-refractivity contribution in [2.75, 3.05) is 25.4 Å². The summed E-state index contributed by atoms with van der Waals surface area (Å²) >= 11 is 1.48. The summed E-state index contributed by atoms with van der Waals surface area (Å²) in [5.41, 5.74) is 1.79. The molecule has 0 atom stereocenters. The van der Waals surface area contributed by atoms with Gasteiger partial charge < -0.3 is 10.2 Å². The molecule has 6 heteroatoms. The van der Waals surface area contributed by atoms with E-state index in [0.29, 0.717) is 5.75 Å². The molecule has 2 N–H and O–H groups in total. The number of thioether (sulfide) groups is 1. The molecule has 2 aromatic rings. The zero-order valence-corrected chi connectivity index (χ0v) is 17.6. The van der Waals surface area contributed by atoms with Crippen LogP contribution >= 0.6 is 11.8 Å². The minimum atomic E-state index is -0.300. The minimum Gasteiger partial charge on any atom is -0.352 e. The molecule has 0 spiro atoms. The number of halogens is 2. The van der Waals surface area contributed by atoms with Gasteiger partial charge in [0.25, 0.3) is 0 Å². The van der Waals surface area contributed by atoms with Crippen molar-refractivity contribution >= 4 is 17.7 Å². The van der Waals surface area contributed by atoms with E-state index in [4.69, 9.17) is 0 Å². The zero-order valence-electron chi connectivity index (χ0n) is 16.8. The Bertz CT molecular complexity index is 729. The van der Waals surface area contributed by atoms with Crippen LogP contribution in [0.3, 0.4) is 0 Å². The molecule has 3 rings (SSSR count). The van der Waals surface area contributed by atoms with Crippen LogP contribution in [0.15, 0.2) is 48.5 Å². The first-order chi connectivity index (χ1) is 14.0. The number of hydrogen-bond acceptors (Lipinski definition) is 2. The number of amides is 1. The predicted molar refractivity (Wildman–Crippen MR) is 114 cm³/mol. The number of nitrogens with one attached hydrogen (secondary N) is 2. The zero-order chi connectivity index (χ0) is 20.6. The largest absolute Gasteiger partial charge is 0.352 e. The highest BCUT2D eigenvalue weighted by atomic mass is 32.2. The van der Waals surface area contributed by atoms with Crippen LogP contribution in [0.25, 0.3) is 0 Å². The fraction of sp³-hybridized carbons (Fsp3) is 0.435. The Morgan fingerprint density at radius 3 is 2.03 bits per heavy atom. The maximum atomic E-state index is 13.3. The first kappa shape index (κ1) is 21.8. The summed E-state index contributed by atoms with van der Waals surface area (Å²) in [5, 5.41) is 3.01. The summed E-state index contributed by atoms with van der Waals surface area (Å²) < 4.78 is 26.7. The lowest BCUT2D eigenvalue weighted by Crippen LogP contribution is -3.13. The van der Waals surface area contributed by atoms with Gasteiger partial charge in [0.05, 0.1) is 30.6 Å². The van der Waals surface area contributed by atoms with E-state index in [-0.39, 0.29) is 28.8 Å². The summed E-state index contributed by atoms with van der Waals surface area (Å²) in [6, 6.07) is 12.8. The molecular weight excluding hydrogens is 390 g/mol. The molecule has 0 aliphatic carbocycles. The van der Waals surface area contributed by atoms with Gasteiger partial charge in [0.2, 0.25) is 5.91 Å². The third-order valence-electron chi connectivity index (χ3n) is 5.39. The van der Waals surface area contributed by atoms with E-state index < -0.39 is 0 Å². The molecule has 156 valence electrons. The van der Waals surface area contributed by atoms with E-state index in [1.165, 1.54) is 49.0 Å². The molecule has 0 aromatic heterocycles. The third kappa shape index (κ3) is 6.54. The molecule has 0 radical (unpaired) electrons. The number of benzene rings is 2. The van der Waals surface area contributed by atoms with Crippen LogP contribution < -0.4 is 10.2 Å². The topological polar surface area (TPSA) is 33.5 Å². The van der Waals surface area contributed by atoms with Gasteiger partial charge in [-0.2, -0.15) is 0 Å². The van der Waals surface area contributed by atoms with Crippen molar-refractivity contribution in [3.63, 3.8) is 0 Å². The van der Waals surface area contributed by atoms with Crippen molar-refractivity contribution in [1.29, 1.82) is 0 Å². The van der Waals surface area contributed by atoms with E-state index in [0.717, 1.165) is 37.1 Å². The number of quaternary nitrogens is 1. The molecule has 29 heavy (non-hydrogen) atoms. The molecule has 2 aromatic carbocycles. The number of rotatable bonds is 8. The lowest BCUT2D eigenvalue weighted by Gasteiger charge is -2.29. The average molecular weight is 420 g/mol. The predicted octanol–water partition coefficient (Wildman–Crippen LogP) is 3.36. The first-order valence-corrected chi connectivity index (χ1v) is 11.4. The summed E-state index contributed by atoms with van der Waals surface area (Å²) in [4.78, 5) is 14.2. The molecule has 1 aliphatic rings. The van der Waals surface area contributed by atoms with Gasteiger partial charge in [0.1, 0.15) is 11.6 Å². The molecule has 0 saturated carbocycles. The van der Waals surface area contributed by atoms with Crippen molar-refractivity contribution in [3.8, 4) is 0 Å². The van der Waals surface area contributed by atoms with E-state index >= 15 is 0 Å². The average Bonchev–Trinajstić information content (AvgIpc) is 2.72. The van der Waals surface area contributed by atoms with Crippen LogP contribution in [-0.4, -0.2) is 37.3 Å². The highest BCUT2D eigenvalue weighted by Crippen LogP contribution is 2.35. The standard InChI is InChI=1S/C23H28F2N2OS/c1-2-13-27-14-11-21(12-15-27)26-22(28)16-29-23(17-3-7-19(24)8-4-17)18-5-9-20(25)10-6-18/h3-10,21,23H,2,11-16H2,1H3,(H,26,28)/p+1. The molecule has 0 bridgehead atoms. The van der Waals surface area contributed by atoms with Crippen LogP contribution in [0.2, 0.25) is 0 Å². The maximum Gasteiger partial charge on any atom is 0.230 e. The van der Waals surface area contributed by atoms with Crippen LogP contribution in [0.5, 0.6) is 0 Å². The van der Waals surface area contributed by atoms with Gasteiger partial charge >= 0.3 is 0 Å². The number of hydrogen-bond donors (Lipinski definition) is 2. The third-order valence-corrected chi connectivity index (χ3v) is 6.69. The van der Waals surface area contributed by atoms with Gasteiger partial charge in [-0.05, 0) is 41.8 Å². The Morgan fingerprint density at radius 1 is 1.03 bits per heavy atom. The van der Waals surface area contributed by atoms with E-state index in [1.807, 2.05) is 0 Å². The minimum absolute atomic E-state index is 0.0214. The quantitative estimate of drug-likeness (QED) is 0.688. The fourth-order valence-electron chi connectivity index (χ4n) is 3.86. The maximum absolute atomic E-state index is 13.3. The van der Waals surface area contributed by atoms with Gasteiger partial charge in [0, 0.05) is 18.9 Å². The van der Waals surface area contributed by atoms with Crippen molar-refractivity contribution in [2.24, 2.45) is 0 Å². The lowest BCUT2D eigenvalue weighted by molar-refractivity contribution is -0.905. The molecule has 3 nitrogen and oxygen atoms in total. The Hall–Kier alpha value is -1.92. The van der Waals surface area contributed by atoms with Crippen molar-refractivity contribution in [3.05, 3.63) is 71.3 Å². The van der Waals surface area contributed by atoms with E-state index in [2.05, 4.69) is 12.2 Å². The second kappa shape index (κ2) is 10.7. The molecule has 1 amide bonds. The fourth-order valence-corrected chi connectivity index (χ4v) is 4.96. The molecular formula is C23H29F2N2OS+. The van der Waals surface area contributed by atoms with E-state index in [9.17, 15) is 13.6 Å². The van der Waals surface area contributed by atoms with Crippen molar-refractivity contribution < 1.29 is 18.5 Å². The van der Waals surface area contributed by atoms with Crippen LogP contribution in [-0.2, 0) is 4.79 Å². The SMILES string of the molecule is CCC[NH+]1CCC(NC(=O)CSC(c2ccc(F)cc2)c2ccc(F)cc2)CC1. The van der Waals surface area contributed by atoms with Gasteiger partial charge in [0.15, 0.2) is 0 Å². The second-order valence-electron chi connectivity index (χ2n) is 7.64. The van der Waals surface area contributed by atoms with Crippen molar-refractivity contribution in [1.82, 2.24) is 5.32 Å². The van der Waals surface area contributed by atoms with E-state index in [1.54, 1.807) is 29.2 Å². The smallest absolute Gasteiger partial charge is 0.230 e. The molecule has 1 fully saturated rings. The molecule has 1 aliphatic heterocycles. The number of carbonyl (C=O) groups is 1. The Labute approximate surface area is 175 Å². The number of likely N-dealkylation sites (tertiary alicyclic amines) is 1. The molecule has 1 saturated heterocycles. The Morgan fingerprint density at radius 2 is 1.55 bits per heavy atom. The Balaban J connectivity index is 1.59. The normalized spacial score (nSPS) is 19.3. The summed E-state index contributed by atoms with van der Waals surface area (Å²) in [7, 11) is 0. The first-order valence-electron chi connectivity index (χ1n) is 10.3. The molecule has 1 heterocycles. The highest BCUT2D eigenvalue weighted by molar-refractivity contribution is 8.00. The highest BCUT2D eigenvalue weighted by Gasteiger charge is 2.23. The Kier molecular flexibility index (Phi) is 8.07. The summed E-state index contributed by atoms with van der Waals surface area (Å²) in [5.74, 6) is -0.272. The number of piperidine rings is 1.